The van der Waals surface area contributed by atoms with Crippen LogP contribution in [0.1, 0.15) is 20.8 Å². The number of nitrogens with zero attached hydrogens (tertiary/aromatic N) is 1. The number of ether oxygens (including phenoxy) is 1. The van der Waals surface area contributed by atoms with Gasteiger partial charge in [0.05, 0.1) is 11.2 Å². The van der Waals surface area contributed by atoms with Crippen molar-refractivity contribution in [1.82, 2.24) is 10.3 Å². The first kappa shape index (κ1) is 14.2. The van der Waals surface area contributed by atoms with Crippen LogP contribution < -0.4 is 10.1 Å². The highest BCUT2D eigenvalue weighted by atomic mass is 35.5. The van der Waals surface area contributed by atoms with Gasteiger partial charge in [0, 0.05) is 24.3 Å². The molecule has 0 bridgehead atoms. The first-order chi connectivity index (χ1) is 7.87. The van der Waals surface area contributed by atoms with Crippen molar-refractivity contribution in [3.05, 3.63) is 23.5 Å². The average molecular weight is 259 g/mol. The van der Waals surface area contributed by atoms with Crippen LogP contribution in [0.5, 0.6) is 5.75 Å². The maximum Gasteiger partial charge on any atom is 0.139 e. The summed E-state index contributed by atoms with van der Waals surface area (Å²) in [6.45, 7) is 6.83. The molecule has 0 spiro atoms. The number of nitrogens with one attached hydrogen (secondary N) is 1. The van der Waals surface area contributed by atoms with E-state index in [4.69, 9.17) is 16.3 Å². The molecule has 2 N–H and O–H groups in total. The minimum absolute atomic E-state index is 0.0153. The van der Waals surface area contributed by atoms with E-state index in [1.165, 1.54) is 6.20 Å². The van der Waals surface area contributed by atoms with E-state index < -0.39 is 6.10 Å². The predicted molar refractivity (Wildman–Crippen MR) is 68.5 cm³/mol. The summed E-state index contributed by atoms with van der Waals surface area (Å²) in [6.07, 6.45) is 2.54. The van der Waals surface area contributed by atoms with Crippen LogP contribution in [-0.2, 0) is 0 Å². The summed E-state index contributed by atoms with van der Waals surface area (Å²) in [5.74, 6) is 0.562. The normalized spacial score (nSPS) is 13.5. The van der Waals surface area contributed by atoms with E-state index >= 15 is 0 Å². The summed E-state index contributed by atoms with van der Waals surface area (Å²) in [5, 5.41) is 13.4. The highest BCUT2D eigenvalue weighted by Crippen LogP contribution is 2.15. The second kappa shape index (κ2) is 6.19. The number of pyridine rings is 1. The van der Waals surface area contributed by atoms with Crippen LogP contribution in [0.4, 0.5) is 0 Å². The first-order valence-corrected chi connectivity index (χ1v) is 5.91. The van der Waals surface area contributed by atoms with Gasteiger partial charge in [-0.1, -0.05) is 11.6 Å². The fourth-order valence-electron chi connectivity index (χ4n) is 1.15. The maximum atomic E-state index is 9.70. The highest BCUT2D eigenvalue weighted by molar-refractivity contribution is 6.30. The quantitative estimate of drug-likeness (QED) is 0.847. The SMILES string of the molecule is CC(C)(C)NCC(O)COc1cncc(Cl)c1. The topological polar surface area (TPSA) is 54.4 Å². The summed E-state index contributed by atoms with van der Waals surface area (Å²) >= 11 is 5.76. The Hall–Kier alpha value is -0.840. The van der Waals surface area contributed by atoms with Gasteiger partial charge < -0.3 is 15.2 Å². The Morgan fingerprint density at radius 1 is 1.47 bits per heavy atom. The van der Waals surface area contributed by atoms with E-state index in [2.05, 4.69) is 10.3 Å². The lowest BCUT2D eigenvalue weighted by Gasteiger charge is -2.22. The van der Waals surface area contributed by atoms with E-state index in [-0.39, 0.29) is 12.1 Å². The smallest absolute Gasteiger partial charge is 0.139 e. The molecule has 0 aliphatic heterocycles. The van der Waals surface area contributed by atoms with Gasteiger partial charge in [-0.2, -0.15) is 0 Å². The number of rotatable bonds is 5. The van der Waals surface area contributed by atoms with Crippen molar-refractivity contribution >= 4 is 11.6 Å². The van der Waals surface area contributed by atoms with Crippen LogP contribution in [0, 0.1) is 0 Å². The third kappa shape index (κ3) is 6.46. The van der Waals surface area contributed by atoms with E-state index in [9.17, 15) is 5.11 Å². The molecule has 17 heavy (non-hydrogen) atoms. The molecule has 1 heterocycles. The van der Waals surface area contributed by atoms with Crippen molar-refractivity contribution in [1.29, 1.82) is 0 Å². The summed E-state index contributed by atoms with van der Waals surface area (Å²) < 4.78 is 5.38. The summed E-state index contributed by atoms with van der Waals surface area (Å²) in [4.78, 5) is 3.89. The van der Waals surface area contributed by atoms with E-state index in [0.29, 0.717) is 17.3 Å². The maximum absolute atomic E-state index is 9.70. The number of halogens is 1. The molecule has 0 fully saturated rings. The molecule has 96 valence electrons. The summed E-state index contributed by atoms with van der Waals surface area (Å²) in [6, 6.07) is 1.67. The second-order valence-corrected chi connectivity index (χ2v) is 5.37. The minimum atomic E-state index is -0.562. The lowest BCUT2D eigenvalue weighted by atomic mass is 10.1. The van der Waals surface area contributed by atoms with Crippen molar-refractivity contribution in [2.45, 2.75) is 32.4 Å². The largest absolute Gasteiger partial charge is 0.489 e. The lowest BCUT2D eigenvalue weighted by molar-refractivity contribution is 0.0999. The molecule has 0 aromatic carbocycles. The molecular weight excluding hydrogens is 240 g/mol. The molecular formula is C12H19ClN2O2. The van der Waals surface area contributed by atoms with Gasteiger partial charge in [-0.05, 0) is 20.8 Å². The van der Waals surface area contributed by atoms with E-state index in [1.54, 1.807) is 12.3 Å². The van der Waals surface area contributed by atoms with Crippen molar-refractivity contribution in [2.24, 2.45) is 0 Å². The number of β-amino-alcohol motifs (C(OH)–C–C–N with tert-alkyl or cyclic N) is 1. The molecule has 0 radical (unpaired) electrons. The van der Waals surface area contributed by atoms with Crippen molar-refractivity contribution < 1.29 is 9.84 Å². The van der Waals surface area contributed by atoms with Crippen LogP contribution in [0.2, 0.25) is 5.02 Å². The van der Waals surface area contributed by atoms with Gasteiger partial charge in [0.1, 0.15) is 18.5 Å². The molecule has 0 aliphatic carbocycles. The van der Waals surface area contributed by atoms with Gasteiger partial charge >= 0.3 is 0 Å². The molecule has 1 rings (SSSR count). The van der Waals surface area contributed by atoms with Gasteiger partial charge in [0.15, 0.2) is 0 Å². The van der Waals surface area contributed by atoms with Crippen LogP contribution in [0.3, 0.4) is 0 Å². The fourth-order valence-corrected chi connectivity index (χ4v) is 1.31. The van der Waals surface area contributed by atoms with Crippen LogP contribution >= 0.6 is 11.6 Å². The van der Waals surface area contributed by atoms with Crippen LogP contribution in [-0.4, -0.2) is 34.9 Å². The minimum Gasteiger partial charge on any atom is -0.489 e. The Morgan fingerprint density at radius 2 is 2.18 bits per heavy atom. The molecule has 4 nitrogen and oxygen atoms in total. The molecule has 1 aromatic rings. The summed E-state index contributed by atoms with van der Waals surface area (Å²) in [7, 11) is 0. The fraction of sp³-hybridized carbons (Fsp3) is 0.583. The van der Waals surface area contributed by atoms with E-state index in [1.807, 2.05) is 20.8 Å². The second-order valence-electron chi connectivity index (χ2n) is 4.93. The number of hydrogen-bond donors (Lipinski definition) is 2. The van der Waals surface area contributed by atoms with Gasteiger partial charge in [-0.15, -0.1) is 0 Å². The standard InChI is InChI=1S/C12H19ClN2O2/c1-12(2,3)15-6-10(16)8-17-11-4-9(13)5-14-7-11/h4-5,7,10,15-16H,6,8H2,1-3H3. The number of aromatic nitrogens is 1. The zero-order valence-corrected chi connectivity index (χ0v) is 11.2. The molecule has 0 saturated carbocycles. The van der Waals surface area contributed by atoms with Crippen molar-refractivity contribution in [3.63, 3.8) is 0 Å². The lowest BCUT2D eigenvalue weighted by Crippen LogP contribution is -2.42. The van der Waals surface area contributed by atoms with Gasteiger partial charge in [-0.3, -0.25) is 4.98 Å². The Balaban J connectivity index is 2.31. The number of aliphatic hydroxyl groups excluding tert-OH is 1. The molecule has 1 atom stereocenters. The molecule has 0 saturated heterocycles. The highest BCUT2D eigenvalue weighted by Gasteiger charge is 2.12. The van der Waals surface area contributed by atoms with Crippen LogP contribution in [0.15, 0.2) is 18.5 Å². The van der Waals surface area contributed by atoms with Crippen molar-refractivity contribution in [3.8, 4) is 5.75 Å². The summed E-state index contributed by atoms with van der Waals surface area (Å²) in [5.41, 5.74) is -0.0153. The zero-order chi connectivity index (χ0) is 12.9. The third-order valence-corrected chi connectivity index (χ3v) is 2.20. The first-order valence-electron chi connectivity index (χ1n) is 5.53. The number of aliphatic hydroxyl groups is 1. The van der Waals surface area contributed by atoms with Gasteiger partial charge in [0.2, 0.25) is 0 Å². The van der Waals surface area contributed by atoms with Crippen molar-refractivity contribution in [2.75, 3.05) is 13.2 Å². The average Bonchev–Trinajstić information content (AvgIpc) is 2.23. The monoisotopic (exact) mass is 258 g/mol. The Kier molecular flexibility index (Phi) is 5.18. The van der Waals surface area contributed by atoms with Crippen LogP contribution in [0.25, 0.3) is 0 Å². The number of hydrogen-bond acceptors (Lipinski definition) is 4. The van der Waals surface area contributed by atoms with E-state index in [0.717, 1.165) is 0 Å². The molecule has 0 amide bonds. The molecule has 0 aliphatic rings. The third-order valence-electron chi connectivity index (χ3n) is 1.99. The predicted octanol–water partition coefficient (Wildman–Crippen LogP) is 1.86. The Labute approximate surface area is 107 Å². The Morgan fingerprint density at radius 3 is 2.76 bits per heavy atom. The molecule has 1 aromatic heterocycles. The van der Waals surface area contributed by atoms with Gasteiger partial charge in [0.25, 0.3) is 0 Å². The Bertz CT molecular complexity index is 353. The zero-order valence-electron chi connectivity index (χ0n) is 10.4. The molecule has 1 unspecified atom stereocenters. The molecule has 5 heteroatoms. The van der Waals surface area contributed by atoms with Gasteiger partial charge in [-0.25, -0.2) is 0 Å².